The van der Waals surface area contributed by atoms with Gasteiger partial charge in [-0.1, -0.05) is 25.3 Å². The summed E-state index contributed by atoms with van der Waals surface area (Å²) >= 11 is 0. The maximum absolute atomic E-state index is 14.5. The highest BCUT2D eigenvalue weighted by molar-refractivity contribution is 7.87. The molecule has 0 bridgehead atoms. The van der Waals surface area contributed by atoms with Gasteiger partial charge in [-0.3, -0.25) is 9.59 Å². The second-order valence-corrected chi connectivity index (χ2v) is 15.3. The zero-order valence-corrected chi connectivity index (χ0v) is 27.7. The van der Waals surface area contributed by atoms with E-state index in [2.05, 4.69) is 25.6 Å². The molecule has 11 heteroatoms. The summed E-state index contributed by atoms with van der Waals surface area (Å²) in [6.45, 7) is 2.84. The Morgan fingerprint density at radius 3 is 2.57 bits per heavy atom. The maximum atomic E-state index is 14.5. The van der Waals surface area contributed by atoms with Gasteiger partial charge in [-0.2, -0.15) is 12.7 Å². The standard InChI is InChI=1S/C35H43N5O5S/c1-38(2)46(43,44)37-34(41)23-11-13-29-30(18-23)40-21-26(35(42)39-15-7-10-24-19-36-20-31(24)39)16-25-17-27(45-3)12-14-28(25)33(40)32(29)22-8-5-4-6-9-22/h11-14,16-18,22,24,31,36H,4-10,15,19-21H2,1-3H3,(H,37,41). The van der Waals surface area contributed by atoms with Crippen molar-refractivity contribution in [1.29, 1.82) is 0 Å². The van der Waals surface area contributed by atoms with Crippen LogP contribution >= 0.6 is 0 Å². The molecule has 3 aliphatic heterocycles. The second kappa shape index (κ2) is 12.2. The van der Waals surface area contributed by atoms with Crippen LogP contribution in [-0.2, 0) is 21.5 Å². The smallest absolute Gasteiger partial charge is 0.303 e. The molecular formula is C35H43N5O5S. The maximum Gasteiger partial charge on any atom is 0.303 e. The predicted octanol–water partition coefficient (Wildman–Crippen LogP) is 4.51. The van der Waals surface area contributed by atoms with Gasteiger partial charge in [0, 0.05) is 67.4 Å². The van der Waals surface area contributed by atoms with Gasteiger partial charge in [-0.15, -0.1) is 0 Å². The van der Waals surface area contributed by atoms with E-state index in [9.17, 15) is 18.0 Å². The van der Waals surface area contributed by atoms with Crippen LogP contribution in [0, 0.1) is 5.92 Å². The van der Waals surface area contributed by atoms with Crippen molar-refractivity contribution in [3.05, 3.63) is 58.7 Å². The van der Waals surface area contributed by atoms with Gasteiger partial charge in [0.1, 0.15) is 5.75 Å². The van der Waals surface area contributed by atoms with Crippen molar-refractivity contribution in [2.24, 2.45) is 5.92 Å². The van der Waals surface area contributed by atoms with Crippen molar-refractivity contribution >= 4 is 39.0 Å². The van der Waals surface area contributed by atoms with Crippen LogP contribution in [0.15, 0.2) is 42.0 Å². The van der Waals surface area contributed by atoms with Crippen molar-refractivity contribution < 1.29 is 22.7 Å². The molecule has 244 valence electrons. The number of nitrogens with zero attached hydrogens (tertiary/aromatic N) is 3. The van der Waals surface area contributed by atoms with E-state index in [1.807, 2.05) is 24.3 Å². The average Bonchev–Trinajstić information content (AvgIpc) is 3.62. The number of fused-ring (bicyclic) bond motifs is 6. The number of methoxy groups -OCH3 is 1. The number of piperidine rings is 1. The first-order valence-corrected chi connectivity index (χ1v) is 17.9. The Kier molecular flexibility index (Phi) is 8.19. The highest BCUT2D eigenvalue weighted by Gasteiger charge is 2.39. The zero-order valence-electron chi connectivity index (χ0n) is 26.8. The molecule has 2 amide bonds. The van der Waals surface area contributed by atoms with Crippen molar-refractivity contribution in [3.63, 3.8) is 0 Å². The summed E-state index contributed by atoms with van der Waals surface area (Å²) in [6, 6.07) is 11.7. The van der Waals surface area contributed by atoms with Gasteiger partial charge in [0.05, 0.1) is 19.3 Å². The highest BCUT2D eigenvalue weighted by atomic mass is 32.2. The van der Waals surface area contributed by atoms with Gasteiger partial charge < -0.3 is 19.5 Å². The van der Waals surface area contributed by atoms with E-state index in [0.29, 0.717) is 24.0 Å². The number of carbonyl (C=O) groups is 2. The molecule has 3 fully saturated rings. The number of likely N-dealkylation sites (tertiary alicyclic amines) is 1. The first-order chi connectivity index (χ1) is 22.2. The van der Waals surface area contributed by atoms with Crippen molar-refractivity contribution in [2.75, 3.05) is 40.8 Å². The van der Waals surface area contributed by atoms with Crippen LogP contribution < -0.4 is 14.8 Å². The van der Waals surface area contributed by atoms with Crippen LogP contribution in [0.5, 0.6) is 5.75 Å². The van der Waals surface area contributed by atoms with Crippen LogP contribution in [0.1, 0.15) is 72.3 Å². The van der Waals surface area contributed by atoms with E-state index >= 15 is 0 Å². The first kappa shape index (κ1) is 31.0. The van der Waals surface area contributed by atoms with Gasteiger partial charge in [0.25, 0.3) is 11.8 Å². The SMILES string of the molecule is COc1ccc2c(c1)C=C(C(=O)N1CCCC3CNCC31)Cn1c-2c(C2CCCCC2)c2ccc(C(=O)NS(=O)(=O)N(C)C)cc21. The molecule has 2 N–H and O–H groups in total. The van der Waals surface area contributed by atoms with E-state index in [-0.39, 0.29) is 17.5 Å². The van der Waals surface area contributed by atoms with E-state index in [0.717, 1.165) is 95.9 Å². The summed E-state index contributed by atoms with van der Waals surface area (Å²) in [5.41, 5.74) is 6.05. The van der Waals surface area contributed by atoms with Gasteiger partial charge in [-0.05, 0) is 85.1 Å². The largest absolute Gasteiger partial charge is 0.497 e. The molecule has 10 nitrogen and oxygen atoms in total. The Hall–Kier alpha value is -3.67. The third-order valence-corrected chi connectivity index (χ3v) is 11.9. The number of hydrogen-bond acceptors (Lipinski definition) is 6. The Bertz CT molecular complexity index is 1840. The number of rotatable bonds is 6. The van der Waals surface area contributed by atoms with Gasteiger partial charge in [-0.25, -0.2) is 4.72 Å². The van der Waals surface area contributed by atoms with Crippen molar-refractivity contribution in [2.45, 2.75) is 63.5 Å². The second-order valence-electron chi connectivity index (χ2n) is 13.4. The molecule has 0 radical (unpaired) electrons. The Balaban J connectivity index is 1.41. The van der Waals surface area contributed by atoms with E-state index in [1.54, 1.807) is 19.2 Å². The topological polar surface area (TPSA) is 113 Å². The van der Waals surface area contributed by atoms with E-state index in [1.165, 1.54) is 26.1 Å². The molecule has 1 aliphatic carbocycles. The molecule has 0 spiro atoms. The number of aromatic nitrogens is 1. The highest BCUT2D eigenvalue weighted by Crippen LogP contribution is 2.47. The molecular weight excluding hydrogens is 602 g/mol. The Labute approximate surface area is 270 Å². The lowest BCUT2D eigenvalue weighted by atomic mass is 9.81. The summed E-state index contributed by atoms with van der Waals surface area (Å²) in [5.74, 6) is 0.888. The van der Waals surface area contributed by atoms with Gasteiger partial charge in [0.15, 0.2) is 0 Å². The van der Waals surface area contributed by atoms with Crippen LogP contribution in [0.3, 0.4) is 0 Å². The minimum Gasteiger partial charge on any atom is -0.497 e. The minimum absolute atomic E-state index is 0.0482. The number of amides is 2. The molecule has 1 saturated carbocycles. The monoisotopic (exact) mass is 645 g/mol. The average molecular weight is 646 g/mol. The van der Waals surface area contributed by atoms with Crippen molar-refractivity contribution in [1.82, 2.24) is 23.8 Å². The Morgan fingerprint density at radius 1 is 1.00 bits per heavy atom. The van der Waals surface area contributed by atoms with E-state index in [4.69, 9.17) is 4.74 Å². The first-order valence-electron chi connectivity index (χ1n) is 16.5. The van der Waals surface area contributed by atoms with Crippen LogP contribution in [0.4, 0.5) is 0 Å². The molecule has 7 rings (SSSR count). The minimum atomic E-state index is -3.97. The summed E-state index contributed by atoms with van der Waals surface area (Å²) in [5, 5.41) is 4.54. The third kappa shape index (κ3) is 5.42. The molecule has 4 heterocycles. The summed E-state index contributed by atoms with van der Waals surface area (Å²) in [4.78, 5) is 29.9. The summed E-state index contributed by atoms with van der Waals surface area (Å²) in [7, 11) is 0.447. The zero-order chi connectivity index (χ0) is 32.2. The number of hydrogen-bond donors (Lipinski definition) is 2. The summed E-state index contributed by atoms with van der Waals surface area (Å²) in [6.07, 6.45) is 9.83. The third-order valence-electron chi connectivity index (χ3n) is 10.5. The molecule has 2 atom stereocenters. The summed E-state index contributed by atoms with van der Waals surface area (Å²) < 4.78 is 36.1. The Morgan fingerprint density at radius 2 is 1.80 bits per heavy atom. The fraction of sp³-hybridized carbons (Fsp3) is 0.486. The quantitative estimate of drug-likeness (QED) is 0.408. The number of ether oxygens (including phenoxy) is 1. The van der Waals surface area contributed by atoms with Gasteiger partial charge in [0.2, 0.25) is 0 Å². The van der Waals surface area contributed by atoms with Crippen molar-refractivity contribution in [3.8, 4) is 17.0 Å². The molecule has 2 aromatic carbocycles. The number of nitrogens with one attached hydrogen (secondary N) is 2. The lowest BCUT2D eigenvalue weighted by molar-refractivity contribution is -0.131. The van der Waals surface area contributed by atoms with E-state index < -0.39 is 16.1 Å². The lowest BCUT2D eigenvalue weighted by Gasteiger charge is -2.37. The normalized spacial score (nSPS) is 21.7. The predicted molar refractivity (Wildman–Crippen MR) is 179 cm³/mol. The van der Waals surface area contributed by atoms with Gasteiger partial charge >= 0.3 is 10.2 Å². The number of benzene rings is 2. The lowest BCUT2D eigenvalue weighted by Crippen LogP contribution is -2.49. The molecule has 2 unspecified atom stereocenters. The number of carbonyl (C=O) groups excluding carboxylic acids is 2. The fourth-order valence-corrected chi connectivity index (χ4v) is 8.62. The van der Waals surface area contributed by atoms with Crippen LogP contribution in [0.25, 0.3) is 28.2 Å². The van der Waals surface area contributed by atoms with Crippen LogP contribution in [0.2, 0.25) is 0 Å². The molecule has 1 aromatic heterocycles. The fourth-order valence-electron chi connectivity index (χ4n) is 8.08. The molecule has 2 saturated heterocycles. The molecule has 46 heavy (non-hydrogen) atoms. The van der Waals surface area contributed by atoms with Crippen LogP contribution in [-0.4, -0.2) is 80.9 Å². The molecule has 3 aromatic rings. The molecule has 4 aliphatic rings.